The van der Waals surface area contributed by atoms with Crippen molar-refractivity contribution in [2.45, 2.75) is 58.8 Å². The van der Waals surface area contributed by atoms with Gasteiger partial charge in [0.05, 0.1) is 25.4 Å². The van der Waals surface area contributed by atoms with Crippen LogP contribution >= 0.6 is 0 Å². The first-order valence-corrected chi connectivity index (χ1v) is 15.0. The fourth-order valence-corrected chi connectivity index (χ4v) is 5.81. The fourth-order valence-electron chi connectivity index (χ4n) is 5.81. The molecule has 0 N–H and O–H groups in total. The van der Waals surface area contributed by atoms with Gasteiger partial charge in [0.1, 0.15) is 12.4 Å². The van der Waals surface area contributed by atoms with Crippen molar-refractivity contribution in [3.05, 3.63) is 47.6 Å². The zero-order chi connectivity index (χ0) is 27.7. The number of hydrogen-bond donors (Lipinski definition) is 0. The Hall–Kier alpha value is -3.42. The van der Waals surface area contributed by atoms with Crippen molar-refractivity contribution < 1.29 is 14.4 Å². The number of piperidine rings is 1. The first kappa shape index (κ1) is 28.1. The van der Waals surface area contributed by atoms with E-state index in [9.17, 15) is 4.79 Å². The van der Waals surface area contributed by atoms with Crippen molar-refractivity contribution in [1.29, 1.82) is 0 Å². The van der Waals surface area contributed by atoms with Crippen LogP contribution in [-0.2, 0) is 9.63 Å². The maximum atomic E-state index is 13.0. The van der Waals surface area contributed by atoms with Gasteiger partial charge >= 0.3 is 0 Å². The summed E-state index contributed by atoms with van der Waals surface area (Å²) in [5, 5.41) is 4.13. The number of amides is 1. The molecule has 1 aromatic rings. The van der Waals surface area contributed by atoms with E-state index in [0.717, 1.165) is 95.2 Å². The van der Waals surface area contributed by atoms with E-state index in [0.29, 0.717) is 19.1 Å². The van der Waals surface area contributed by atoms with Gasteiger partial charge in [-0.2, -0.15) is 0 Å². The van der Waals surface area contributed by atoms with Gasteiger partial charge in [-0.15, -0.1) is 0 Å². The summed E-state index contributed by atoms with van der Waals surface area (Å²) in [6.07, 6.45) is 13.0. The van der Waals surface area contributed by atoms with Crippen molar-refractivity contribution in [2.75, 3.05) is 45.9 Å². The Labute approximate surface area is 238 Å². The molecule has 0 saturated carbocycles. The average molecular weight is 546 g/mol. The van der Waals surface area contributed by atoms with Crippen molar-refractivity contribution in [3.63, 3.8) is 0 Å². The molecule has 1 unspecified atom stereocenters. The molecule has 0 bridgehead atoms. The second kappa shape index (κ2) is 13.8. The summed E-state index contributed by atoms with van der Waals surface area (Å²) < 4.78 is 6.18. The molecule has 0 aromatic heterocycles. The molecule has 4 aliphatic rings. The minimum Gasteiger partial charge on any atom is -0.493 e. The molecule has 40 heavy (non-hydrogen) atoms. The lowest BCUT2D eigenvalue weighted by Crippen LogP contribution is -2.39. The number of hydrogen-bond acceptors (Lipinski definition) is 7. The summed E-state index contributed by atoms with van der Waals surface area (Å²) >= 11 is 0. The molecule has 1 aliphatic carbocycles. The summed E-state index contributed by atoms with van der Waals surface area (Å²) in [4.78, 5) is 31.7. The molecule has 8 nitrogen and oxygen atoms in total. The number of ether oxygens (including phenoxy) is 1. The van der Waals surface area contributed by atoms with Gasteiger partial charge < -0.3 is 19.4 Å². The van der Waals surface area contributed by atoms with Gasteiger partial charge in [0, 0.05) is 38.2 Å². The standard InChI is InChI=1S/C32H43N5O3/c1-3-24-13-17-33-32(34-21-24)36-18-14-25(15-19-36)23-39-30-11-9-27(10-12-30)26-5-7-28(8-6-26)31(38)37-20-16-29(22-37)35-40-4-2/h5,9-13,21,25,28H,3-4,6-8,14-20,22-23H2,1-2H3/b35-29-. The lowest BCUT2D eigenvalue weighted by atomic mass is 9.86. The Morgan fingerprint density at radius 1 is 1.05 bits per heavy atom. The molecular weight excluding hydrogens is 502 g/mol. The van der Waals surface area contributed by atoms with E-state index < -0.39 is 0 Å². The maximum absolute atomic E-state index is 13.0. The Bertz CT molecular complexity index is 1180. The zero-order valence-electron chi connectivity index (χ0n) is 24.1. The number of rotatable bonds is 8. The van der Waals surface area contributed by atoms with Crippen LogP contribution in [0.25, 0.3) is 5.57 Å². The van der Waals surface area contributed by atoms with E-state index in [4.69, 9.17) is 9.57 Å². The highest BCUT2D eigenvalue weighted by Gasteiger charge is 2.30. The van der Waals surface area contributed by atoms with Gasteiger partial charge in [-0.05, 0) is 80.2 Å². The molecule has 0 spiro atoms. The Kier molecular flexibility index (Phi) is 9.68. The van der Waals surface area contributed by atoms with Crippen molar-refractivity contribution in [1.82, 2.24) is 9.80 Å². The number of carbonyl (C=O) groups is 1. The lowest BCUT2D eigenvalue weighted by molar-refractivity contribution is -0.134. The number of guanidine groups is 1. The number of aliphatic imine (C=N–C) groups is 2. The zero-order valence-corrected chi connectivity index (χ0v) is 24.1. The second-order valence-corrected chi connectivity index (χ2v) is 11.1. The molecule has 5 rings (SSSR count). The van der Waals surface area contributed by atoms with Crippen LogP contribution in [0.5, 0.6) is 5.75 Å². The van der Waals surface area contributed by atoms with Gasteiger partial charge in [0.25, 0.3) is 0 Å². The molecule has 2 fully saturated rings. The second-order valence-electron chi connectivity index (χ2n) is 11.1. The first-order chi connectivity index (χ1) is 19.6. The van der Waals surface area contributed by atoms with Gasteiger partial charge in [0.2, 0.25) is 11.9 Å². The number of allylic oxidation sites excluding steroid dienone is 3. The van der Waals surface area contributed by atoms with E-state index >= 15 is 0 Å². The lowest BCUT2D eigenvalue weighted by Gasteiger charge is -2.32. The SMILES string of the molecule is CCO/N=C1/CCN(C(=O)C2CC=C(c3ccc(OCC4CCN(C5=NCC=C(CC)C=N5)CC4)cc3)CC2)C1. The van der Waals surface area contributed by atoms with Crippen LogP contribution in [-0.4, -0.2) is 79.5 Å². The third-order valence-electron chi connectivity index (χ3n) is 8.39. The fraction of sp³-hybridized carbons (Fsp3) is 0.562. The van der Waals surface area contributed by atoms with Crippen LogP contribution in [0, 0.1) is 11.8 Å². The minimum absolute atomic E-state index is 0.0659. The van der Waals surface area contributed by atoms with Gasteiger partial charge in [-0.1, -0.05) is 36.4 Å². The van der Waals surface area contributed by atoms with Gasteiger partial charge in [-0.25, -0.2) is 9.98 Å². The topological polar surface area (TPSA) is 79.1 Å². The average Bonchev–Trinajstić information content (AvgIpc) is 3.35. The molecule has 8 heteroatoms. The Balaban J connectivity index is 1.05. The highest BCUT2D eigenvalue weighted by atomic mass is 16.6. The highest BCUT2D eigenvalue weighted by Crippen LogP contribution is 2.32. The third-order valence-corrected chi connectivity index (χ3v) is 8.39. The monoisotopic (exact) mass is 545 g/mol. The first-order valence-electron chi connectivity index (χ1n) is 15.0. The summed E-state index contributed by atoms with van der Waals surface area (Å²) in [6.45, 7) is 9.40. The predicted molar refractivity (Wildman–Crippen MR) is 161 cm³/mol. The molecular formula is C32H43N5O3. The van der Waals surface area contributed by atoms with Crippen LogP contribution in [0.15, 0.2) is 57.1 Å². The normalized spacial score (nSPS) is 23.0. The molecule has 3 heterocycles. The Morgan fingerprint density at radius 3 is 2.60 bits per heavy atom. The number of likely N-dealkylation sites (tertiary alicyclic amines) is 2. The molecule has 1 aromatic carbocycles. The van der Waals surface area contributed by atoms with Crippen molar-refractivity contribution in [2.24, 2.45) is 27.0 Å². The smallest absolute Gasteiger partial charge is 0.226 e. The molecule has 1 amide bonds. The van der Waals surface area contributed by atoms with Crippen molar-refractivity contribution >= 4 is 29.4 Å². The van der Waals surface area contributed by atoms with Crippen LogP contribution < -0.4 is 4.74 Å². The highest BCUT2D eigenvalue weighted by molar-refractivity contribution is 5.94. The molecule has 1 atom stereocenters. The van der Waals surface area contributed by atoms with E-state index in [1.165, 1.54) is 16.7 Å². The van der Waals surface area contributed by atoms with Crippen LogP contribution in [0.3, 0.4) is 0 Å². The summed E-state index contributed by atoms with van der Waals surface area (Å²) in [6, 6.07) is 8.48. The van der Waals surface area contributed by atoms with Crippen LogP contribution in [0.1, 0.15) is 64.4 Å². The van der Waals surface area contributed by atoms with Crippen LogP contribution in [0.2, 0.25) is 0 Å². The van der Waals surface area contributed by atoms with E-state index in [-0.39, 0.29) is 11.8 Å². The summed E-state index contributed by atoms with van der Waals surface area (Å²) in [7, 11) is 0. The molecule has 214 valence electrons. The minimum atomic E-state index is 0.0659. The van der Waals surface area contributed by atoms with E-state index in [2.05, 4.69) is 63.4 Å². The number of oxime groups is 1. The molecule has 2 saturated heterocycles. The molecule has 3 aliphatic heterocycles. The van der Waals surface area contributed by atoms with Crippen molar-refractivity contribution in [3.8, 4) is 5.75 Å². The van der Waals surface area contributed by atoms with Crippen LogP contribution in [0.4, 0.5) is 0 Å². The van der Waals surface area contributed by atoms with Gasteiger partial charge in [0.15, 0.2) is 0 Å². The number of carbonyl (C=O) groups excluding carboxylic acids is 1. The number of benzene rings is 1. The summed E-state index contributed by atoms with van der Waals surface area (Å²) in [5.41, 5.74) is 4.78. The largest absolute Gasteiger partial charge is 0.493 e. The quantitative estimate of drug-likeness (QED) is 0.412. The Morgan fingerprint density at radius 2 is 1.88 bits per heavy atom. The third kappa shape index (κ3) is 7.20. The summed E-state index contributed by atoms with van der Waals surface area (Å²) in [5.74, 6) is 2.66. The number of nitrogens with zero attached hydrogens (tertiary/aromatic N) is 5. The molecule has 0 radical (unpaired) electrons. The van der Waals surface area contributed by atoms with E-state index in [1.807, 2.05) is 18.0 Å². The predicted octanol–water partition coefficient (Wildman–Crippen LogP) is 5.36. The van der Waals surface area contributed by atoms with E-state index in [1.54, 1.807) is 0 Å². The maximum Gasteiger partial charge on any atom is 0.226 e. The van der Waals surface area contributed by atoms with Gasteiger partial charge in [-0.3, -0.25) is 4.79 Å².